The van der Waals surface area contributed by atoms with E-state index in [1.807, 2.05) is 6.92 Å². The Hall–Kier alpha value is -1.42. The first-order valence-electron chi connectivity index (χ1n) is 6.36. The van der Waals surface area contributed by atoms with Gasteiger partial charge in [0.15, 0.2) is 10.9 Å². The van der Waals surface area contributed by atoms with Crippen molar-refractivity contribution < 1.29 is 17.9 Å². The Kier molecular flexibility index (Phi) is 4.67. The molecule has 1 unspecified atom stereocenters. The third kappa shape index (κ3) is 3.62. The van der Waals surface area contributed by atoms with Crippen molar-refractivity contribution in [3.63, 3.8) is 0 Å². The summed E-state index contributed by atoms with van der Waals surface area (Å²) in [4.78, 5) is 1.77. The maximum absolute atomic E-state index is 12.7. The van der Waals surface area contributed by atoms with Crippen molar-refractivity contribution >= 4 is 17.3 Å². The lowest BCUT2D eigenvalue weighted by Gasteiger charge is -2.31. The fourth-order valence-electron chi connectivity index (χ4n) is 2.13. The summed E-state index contributed by atoms with van der Waals surface area (Å²) in [5.41, 5.74) is 0. The van der Waals surface area contributed by atoms with Gasteiger partial charge in [-0.2, -0.15) is 13.2 Å². The number of hydrogen-bond donors (Lipinski definition) is 1. The van der Waals surface area contributed by atoms with Crippen LogP contribution < -0.4 is 5.32 Å². The molecule has 0 fully saturated rings. The smallest absolute Gasteiger partial charge is 0.383 e. The summed E-state index contributed by atoms with van der Waals surface area (Å²) in [5.74, 6) is -0.694. The number of rotatable bonds is 3. The van der Waals surface area contributed by atoms with Gasteiger partial charge in [0.1, 0.15) is 0 Å². The van der Waals surface area contributed by atoms with E-state index >= 15 is 0 Å². The third-order valence-electron chi connectivity index (χ3n) is 3.08. The topological polar surface area (TPSA) is 55.2 Å². The Morgan fingerprint density at radius 3 is 2.76 bits per heavy atom. The summed E-state index contributed by atoms with van der Waals surface area (Å²) in [5, 5.41) is 10.4. The van der Waals surface area contributed by atoms with Crippen LogP contribution in [0.4, 0.5) is 13.2 Å². The van der Waals surface area contributed by atoms with Gasteiger partial charge in [0.05, 0.1) is 13.2 Å². The first-order chi connectivity index (χ1) is 9.82. The van der Waals surface area contributed by atoms with Crippen LogP contribution in [-0.2, 0) is 24.0 Å². The van der Waals surface area contributed by atoms with Crippen molar-refractivity contribution in [1.29, 1.82) is 0 Å². The molecule has 0 aromatic carbocycles. The number of nitrogens with one attached hydrogen (secondary N) is 1. The van der Waals surface area contributed by atoms with E-state index in [0.29, 0.717) is 18.3 Å². The molecule has 0 saturated carbocycles. The highest BCUT2D eigenvalue weighted by molar-refractivity contribution is 7.80. The summed E-state index contributed by atoms with van der Waals surface area (Å²) < 4.78 is 44.3. The molecule has 0 aliphatic carbocycles. The van der Waals surface area contributed by atoms with Crippen LogP contribution in [-0.4, -0.2) is 51.1 Å². The van der Waals surface area contributed by atoms with E-state index in [2.05, 4.69) is 15.5 Å². The summed E-state index contributed by atoms with van der Waals surface area (Å²) in [7, 11) is 1.59. The highest BCUT2D eigenvalue weighted by Gasteiger charge is 2.39. The molecule has 2 heterocycles. The Labute approximate surface area is 125 Å². The number of ether oxygens (including phenoxy) is 1. The third-order valence-corrected chi connectivity index (χ3v) is 3.46. The molecule has 1 aliphatic rings. The van der Waals surface area contributed by atoms with Crippen molar-refractivity contribution in [3.8, 4) is 0 Å². The van der Waals surface area contributed by atoms with Crippen molar-refractivity contribution in [2.45, 2.75) is 32.2 Å². The molecule has 0 radical (unpaired) electrons. The zero-order valence-electron chi connectivity index (χ0n) is 11.6. The Morgan fingerprint density at radius 2 is 2.14 bits per heavy atom. The van der Waals surface area contributed by atoms with Gasteiger partial charge in [0, 0.05) is 26.2 Å². The molecule has 0 saturated heterocycles. The Balaban J connectivity index is 2.03. The number of fused-ring (bicyclic) bond motifs is 1. The lowest BCUT2D eigenvalue weighted by molar-refractivity contribution is -0.147. The summed E-state index contributed by atoms with van der Waals surface area (Å²) in [6.45, 7) is 3.12. The van der Waals surface area contributed by atoms with E-state index in [0.717, 1.165) is 4.57 Å². The van der Waals surface area contributed by atoms with Gasteiger partial charge in [-0.05, 0) is 19.1 Å². The van der Waals surface area contributed by atoms with Gasteiger partial charge in [0.25, 0.3) is 0 Å². The van der Waals surface area contributed by atoms with Crippen LogP contribution in [0.25, 0.3) is 0 Å². The van der Waals surface area contributed by atoms with Crippen LogP contribution in [0.5, 0.6) is 0 Å². The number of methoxy groups -OCH3 is 1. The number of hydrogen-bond acceptors (Lipinski definition) is 4. The second-order valence-electron chi connectivity index (χ2n) is 4.82. The van der Waals surface area contributed by atoms with Crippen LogP contribution in [0.15, 0.2) is 0 Å². The number of halogens is 3. The predicted molar refractivity (Wildman–Crippen MR) is 72.5 cm³/mol. The molecule has 1 aromatic rings. The molecular weight excluding hydrogens is 307 g/mol. The minimum absolute atomic E-state index is 0.0213. The van der Waals surface area contributed by atoms with Gasteiger partial charge >= 0.3 is 6.18 Å². The highest BCUT2D eigenvalue weighted by Crippen LogP contribution is 2.29. The molecule has 118 valence electrons. The van der Waals surface area contributed by atoms with Crippen molar-refractivity contribution in [2.24, 2.45) is 0 Å². The molecule has 0 bridgehead atoms. The van der Waals surface area contributed by atoms with E-state index in [-0.39, 0.29) is 25.0 Å². The minimum atomic E-state index is -4.49. The lowest BCUT2D eigenvalue weighted by atomic mass is 10.3. The van der Waals surface area contributed by atoms with Gasteiger partial charge in [0.2, 0.25) is 5.82 Å². The van der Waals surface area contributed by atoms with Crippen LogP contribution in [0.3, 0.4) is 0 Å². The average molecular weight is 323 g/mol. The maximum atomic E-state index is 12.7. The van der Waals surface area contributed by atoms with E-state index in [4.69, 9.17) is 17.0 Å². The van der Waals surface area contributed by atoms with Crippen LogP contribution >= 0.6 is 12.2 Å². The number of nitrogens with zero attached hydrogens (tertiary/aromatic N) is 4. The first kappa shape index (κ1) is 16.0. The van der Waals surface area contributed by atoms with Crippen molar-refractivity contribution in [3.05, 3.63) is 11.6 Å². The van der Waals surface area contributed by atoms with Crippen LogP contribution in [0.1, 0.15) is 18.6 Å². The second-order valence-corrected chi connectivity index (χ2v) is 5.20. The average Bonchev–Trinajstić information content (AvgIpc) is 2.81. The van der Waals surface area contributed by atoms with Crippen molar-refractivity contribution in [2.75, 3.05) is 20.3 Å². The van der Waals surface area contributed by atoms with E-state index in [9.17, 15) is 13.2 Å². The lowest BCUT2D eigenvalue weighted by Crippen LogP contribution is -2.48. The SMILES string of the molecule is COCC(C)NC(=S)N1CCn2c(nnc2C(F)(F)F)C1. The molecule has 10 heteroatoms. The van der Waals surface area contributed by atoms with E-state index in [1.54, 1.807) is 12.0 Å². The summed E-state index contributed by atoms with van der Waals surface area (Å²) in [6.07, 6.45) is -4.49. The van der Waals surface area contributed by atoms with Crippen LogP contribution in [0, 0.1) is 0 Å². The summed E-state index contributed by atoms with van der Waals surface area (Å²) in [6, 6.07) is 0.0213. The van der Waals surface area contributed by atoms with Gasteiger partial charge < -0.3 is 19.5 Å². The number of thiocarbonyl (C=S) groups is 1. The zero-order valence-corrected chi connectivity index (χ0v) is 12.5. The fourth-order valence-corrected chi connectivity index (χ4v) is 2.49. The minimum Gasteiger partial charge on any atom is -0.383 e. The molecule has 21 heavy (non-hydrogen) atoms. The largest absolute Gasteiger partial charge is 0.451 e. The van der Waals surface area contributed by atoms with E-state index < -0.39 is 12.0 Å². The number of aromatic nitrogens is 3. The predicted octanol–water partition coefficient (Wildman–Crippen LogP) is 1.02. The van der Waals surface area contributed by atoms with Crippen LogP contribution in [0.2, 0.25) is 0 Å². The first-order valence-corrected chi connectivity index (χ1v) is 6.77. The highest BCUT2D eigenvalue weighted by atomic mass is 32.1. The van der Waals surface area contributed by atoms with Crippen molar-refractivity contribution in [1.82, 2.24) is 25.0 Å². The molecule has 1 aliphatic heterocycles. The standard InChI is InChI=1S/C11H16F3N5OS/c1-7(6-20-2)15-10(21)18-3-4-19-8(5-18)16-17-9(19)11(12,13)14/h7H,3-6H2,1-2H3,(H,15,21). The normalized spacial score (nSPS) is 16.5. The zero-order chi connectivity index (χ0) is 15.6. The van der Waals surface area contributed by atoms with Gasteiger partial charge in [-0.25, -0.2) is 0 Å². The number of alkyl halides is 3. The van der Waals surface area contributed by atoms with Gasteiger partial charge in [-0.3, -0.25) is 0 Å². The van der Waals surface area contributed by atoms with E-state index in [1.165, 1.54) is 0 Å². The molecular formula is C11H16F3N5OS. The molecule has 6 nitrogen and oxygen atoms in total. The Morgan fingerprint density at radius 1 is 1.43 bits per heavy atom. The second kappa shape index (κ2) is 6.14. The molecule has 1 atom stereocenters. The summed E-state index contributed by atoms with van der Waals surface area (Å²) >= 11 is 5.25. The van der Waals surface area contributed by atoms with Gasteiger partial charge in [-0.1, -0.05) is 0 Å². The molecule has 1 N–H and O–H groups in total. The molecule has 2 rings (SSSR count). The Bertz CT molecular complexity index is 518. The monoisotopic (exact) mass is 323 g/mol. The fraction of sp³-hybridized carbons (Fsp3) is 0.727. The quantitative estimate of drug-likeness (QED) is 0.839. The maximum Gasteiger partial charge on any atom is 0.451 e. The molecule has 0 amide bonds. The molecule has 1 aromatic heterocycles. The molecule has 0 spiro atoms. The van der Waals surface area contributed by atoms with Gasteiger partial charge in [-0.15, -0.1) is 10.2 Å².